The molecule has 0 saturated carbocycles. The molecule has 162 valence electrons. The zero-order valence-corrected chi connectivity index (χ0v) is 16.9. The van der Waals surface area contributed by atoms with E-state index in [1.54, 1.807) is 12.1 Å². The summed E-state index contributed by atoms with van der Waals surface area (Å²) < 4.78 is 15.6. The molecule has 1 atom stereocenters. The maximum Gasteiger partial charge on any atom is 0.354 e. The van der Waals surface area contributed by atoms with Gasteiger partial charge >= 0.3 is 5.97 Å². The van der Waals surface area contributed by atoms with Crippen LogP contribution in [0.25, 0.3) is 10.9 Å². The van der Waals surface area contributed by atoms with Gasteiger partial charge in [-0.1, -0.05) is 6.07 Å². The number of benzene rings is 2. The number of H-pyrrole nitrogens is 1. The molecule has 31 heavy (non-hydrogen) atoms. The summed E-state index contributed by atoms with van der Waals surface area (Å²) >= 11 is 0. The van der Waals surface area contributed by atoms with Crippen molar-refractivity contribution in [1.29, 1.82) is 0 Å². The summed E-state index contributed by atoms with van der Waals surface area (Å²) in [6.07, 6.45) is -1.04. The van der Waals surface area contributed by atoms with Gasteiger partial charge in [-0.25, -0.2) is 4.79 Å². The van der Waals surface area contributed by atoms with Crippen molar-refractivity contribution in [3.05, 3.63) is 63.9 Å². The predicted molar refractivity (Wildman–Crippen MR) is 111 cm³/mol. The zero-order chi connectivity index (χ0) is 22.5. The van der Waals surface area contributed by atoms with Gasteiger partial charge in [0.2, 0.25) is 0 Å². The van der Waals surface area contributed by atoms with Crippen LogP contribution in [0.1, 0.15) is 27.8 Å². The lowest BCUT2D eigenvalue weighted by molar-refractivity contribution is 0.0594. The van der Waals surface area contributed by atoms with E-state index in [-0.39, 0.29) is 47.2 Å². The average molecular weight is 427 g/mol. The minimum absolute atomic E-state index is 0.0120. The molecular formula is C22H21NO8. The number of hydrogen-bond donors (Lipinski definition) is 3. The van der Waals surface area contributed by atoms with Crippen molar-refractivity contribution in [2.45, 2.75) is 13.0 Å². The number of carbonyl (C=O) groups is 2. The standard InChI is InChI=1S/C22H21NO8/c1-12(24)21-18(26)4-3-5-20(21)31-11-13(25)10-30-14-6-7-15-16(8-14)23-17(9-19(15)27)22(28)29-2/h3-9,13,25-26H,10-11H2,1-2H3,(H,23,27). The predicted octanol–water partition coefficient (Wildman–Crippen LogP) is 2.04. The number of aromatic nitrogens is 1. The molecule has 9 heteroatoms. The second kappa shape index (κ2) is 9.31. The maximum absolute atomic E-state index is 12.1. The second-order valence-electron chi connectivity index (χ2n) is 6.73. The number of aliphatic hydroxyl groups excluding tert-OH is 1. The van der Waals surface area contributed by atoms with E-state index in [1.807, 2.05) is 0 Å². The number of rotatable bonds is 8. The van der Waals surface area contributed by atoms with Gasteiger partial charge in [0.25, 0.3) is 0 Å². The largest absolute Gasteiger partial charge is 0.507 e. The number of Topliss-reactive ketones (excluding diaryl/α,β-unsaturated/α-hetero) is 1. The number of esters is 1. The SMILES string of the molecule is COC(=O)c1cc(=O)c2ccc(OCC(O)COc3cccc(O)c3C(C)=O)cc2[nH]1. The third-order valence-electron chi connectivity index (χ3n) is 4.44. The lowest BCUT2D eigenvalue weighted by Gasteiger charge is -2.15. The van der Waals surface area contributed by atoms with Crippen molar-refractivity contribution in [2.24, 2.45) is 0 Å². The Labute approximate surface area is 176 Å². The summed E-state index contributed by atoms with van der Waals surface area (Å²) in [5, 5.41) is 20.3. The second-order valence-corrected chi connectivity index (χ2v) is 6.73. The first kappa shape index (κ1) is 21.8. The molecule has 0 radical (unpaired) electrons. The molecule has 0 amide bonds. The fourth-order valence-corrected chi connectivity index (χ4v) is 2.96. The molecule has 1 aromatic heterocycles. The molecule has 0 aliphatic heterocycles. The first-order chi connectivity index (χ1) is 14.8. The lowest BCUT2D eigenvalue weighted by Crippen LogP contribution is -2.25. The summed E-state index contributed by atoms with van der Waals surface area (Å²) in [5.41, 5.74) is 0.0806. The quantitative estimate of drug-likeness (QED) is 0.367. The van der Waals surface area contributed by atoms with Crippen LogP contribution in [0.15, 0.2) is 47.3 Å². The number of hydrogen-bond acceptors (Lipinski definition) is 8. The Morgan fingerprint density at radius 3 is 2.55 bits per heavy atom. The van der Waals surface area contributed by atoms with Crippen molar-refractivity contribution < 1.29 is 34.0 Å². The summed E-state index contributed by atoms with van der Waals surface area (Å²) in [6.45, 7) is 0.985. The fourth-order valence-electron chi connectivity index (χ4n) is 2.96. The van der Waals surface area contributed by atoms with Crippen LogP contribution in [-0.4, -0.2) is 53.4 Å². The number of ketones is 1. The van der Waals surface area contributed by atoms with Crippen LogP contribution in [0, 0.1) is 0 Å². The van der Waals surface area contributed by atoms with Crippen LogP contribution >= 0.6 is 0 Å². The molecule has 0 saturated heterocycles. The Kier molecular flexibility index (Phi) is 6.56. The van der Waals surface area contributed by atoms with E-state index in [4.69, 9.17) is 9.47 Å². The number of methoxy groups -OCH3 is 1. The molecule has 2 aromatic carbocycles. The van der Waals surface area contributed by atoms with Crippen molar-refractivity contribution in [3.8, 4) is 17.2 Å². The van der Waals surface area contributed by atoms with Gasteiger partial charge in [-0.15, -0.1) is 0 Å². The number of aromatic hydroxyl groups is 1. The first-order valence-corrected chi connectivity index (χ1v) is 9.32. The Morgan fingerprint density at radius 2 is 1.84 bits per heavy atom. The number of carbonyl (C=O) groups excluding carboxylic acids is 2. The lowest BCUT2D eigenvalue weighted by atomic mass is 10.1. The van der Waals surface area contributed by atoms with Gasteiger partial charge in [0.05, 0.1) is 12.6 Å². The molecule has 3 N–H and O–H groups in total. The highest BCUT2D eigenvalue weighted by molar-refractivity contribution is 5.99. The van der Waals surface area contributed by atoms with E-state index in [0.29, 0.717) is 16.7 Å². The van der Waals surface area contributed by atoms with Crippen LogP contribution in [0.5, 0.6) is 17.2 Å². The first-order valence-electron chi connectivity index (χ1n) is 9.32. The fraction of sp³-hybridized carbons (Fsp3) is 0.227. The van der Waals surface area contributed by atoms with Crippen molar-refractivity contribution >= 4 is 22.7 Å². The van der Waals surface area contributed by atoms with Crippen LogP contribution < -0.4 is 14.9 Å². The van der Waals surface area contributed by atoms with E-state index in [2.05, 4.69) is 9.72 Å². The number of nitrogens with one attached hydrogen (secondary N) is 1. The van der Waals surface area contributed by atoms with Gasteiger partial charge in [-0.3, -0.25) is 9.59 Å². The number of ether oxygens (including phenoxy) is 3. The number of aliphatic hydroxyl groups is 1. The highest BCUT2D eigenvalue weighted by Crippen LogP contribution is 2.28. The number of fused-ring (bicyclic) bond motifs is 1. The average Bonchev–Trinajstić information content (AvgIpc) is 2.75. The van der Waals surface area contributed by atoms with Gasteiger partial charge < -0.3 is 29.4 Å². The van der Waals surface area contributed by atoms with Gasteiger partial charge in [-0.2, -0.15) is 0 Å². The summed E-state index contributed by atoms with van der Waals surface area (Å²) in [4.78, 5) is 38.3. The number of aromatic amines is 1. The molecule has 3 rings (SSSR count). The zero-order valence-electron chi connectivity index (χ0n) is 16.9. The molecule has 1 heterocycles. The van der Waals surface area contributed by atoms with Gasteiger partial charge in [0.15, 0.2) is 11.2 Å². The third-order valence-corrected chi connectivity index (χ3v) is 4.44. The monoisotopic (exact) mass is 427 g/mol. The molecule has 3 aromatic rings. The molecule has 0 aliphatic carbocycles. The van der Waals surface area contributed by atoms with Crippen molar-refractivity contribution in [3.63, 3.8) is 0 Å². The summed E-state index contributed by atoms with van der Waals surface area (Å²) in [7, 11) is 1.21. The van der Waals surface area contributed by atoms with E-state index in [9.17, 15) is 24.6 Å². The maximum atomic E-state index is 12.1. The van der Waals surface area contributed by atoms with Crippen molar-refractivity contribution in [1.82, 2.24) is 4.98 Å². The number of phenolic OH excluding ortho intramolecular Hbond substituents is 1. The van der Waals surface area contributed by atoms with E-state index in [0.717, 1.165) is 6.07 Å². The molecule has 9 nitrogen and oxygen atoms in total. The Bertz CT molecular complexity index is 1180. The van der Waals surface area contributed by atoms with E-state index < -0.39 is 12.1 Å². The molecular weight excluding hydrogens is 406 g/mol. The summed E-state index contributed by atoms with van der Waals surface area (Å²) in [5.74, 6) is -0.728. The minimum atomic E-state index is -1.04. The van der Waals surface area contributed by atoms with Crippen LogP contribution in [-0.2, 0) is 4.74 Å². The Balaban J connectivity index is 1.67. The Morgan fingerprint density at radius 1 is 1.10 bits per heavy atom. The summed E-state index contributed by atoms with van der Waals surface area (Å²) in [6, 6.07) is 10.2. The molecule has 0 aliphatic rings. The van der Waals surface area contributed by atoms with Gasteiger partial charge in [0.1, 0.15) is 47.8 Å². The number of pyridine rings is 1. The molecule has 0 spiro atoms. The van der Waals surface area contributed by atoms with Gasteiger partial charge in [-0.05, 0) is 31.2 Å². The molecule has 1 unspecified atom stereocenters. The van der Waals surface area contributed by atoms with Crippen LogP contribution in [0.3, 0.4) is 0 Å². The highest BCUT2D eigenvalue weighted by atomic mass is 16.5. The van der Waals surface area contributed by atoms with Crippen LogP contribution in [0.4, 0.5) is 0 Å². The smallest absolute Gasteiger partial charge is 0.354 e. The molecule has 0 bridgehead atoms. The Hall–Kier alpha value is -3.85. The number of phenols is 1. The minimum Gasteiger partial charge on any atom is -0.507 e. The van der Waals surface area contributed by atoms with Crippen LogP contribution in [0.2, 0.25) is 0 Å². The topological polar surface area (TPSA) is 135 Å². The molecule has 0 fully saturated rings. The highest BCUT2D eigenvalue weighted by Gasteiger charge is 2.16. The normalized spacial score (nSPS) is 11.7. The van der Waals surface area contributed by atoms with Gasteiger partial charge in [0, 0.05) is 17.5 Å². The van der Waals surface area contributed by atoms with Crippen molar-refractivity contribution in [2.75, 3.05) is 20.3 Å². The van der Waals surface area contributed by atoms with E-state index >= 15 is 0 Å². The van der Waals surface area contributed by atoms with E-state index in [1.165, 1.54) is 38.3 Å². The third kappa shape index (κ3) is 5.01.